The van der Waals surface area contributed by atoms with Crippen molar-refractivity contribution in [1.82, 2.24) is 15.6 Å². The van der Waals surface area contributed by atoms with Crippen molar-refractivity contribution in [1.29, 1.82) is 0 Å². The fourth-order valence-corrected chi connectivity index (χ4v) is 3.17. The highest BCUT2D eigenvalue weighted by atomic mass is 32.1. The molecule has 0 spiro atoms. The van der Waals surface area contributed by atoms with Gasteiger partial charge in [0.2, 0.25) is 0 Å². The van der Waals surface area contributed by atoms with E-state index in [1.165, 1.54) is 10.4 Å². The largest absolute Gasteiger partial charge is 0.291 e. The number of hydrazone groups is 1. The van der Waals surface area contributed by atoms with Gasteiger partial charge in [-0.15, -0.1) is 11.3 Å². The number of aromatic nitrogens is 2. The Kier molecular flexibility index (Phi) is 5.09. The zero-order valence-corrected chi connectivity index (χ0v) is 15.2. The second-order valence-corrected chi connectivity index (χ2v) is 7.39. The molecule has 0 aliphatic rings. The summed E-state index contributed by atoms with van der Waals surface area (Å²) in [4.78, 5) is 14.4. The Morgan fingerprint density at radius 2 is 2.00 bits per heavy atom. The molecule has 6 heteroatoms. The predicted octanol–water partition coefficient (Wildman–Crippen LogP) is 4.33. The number of amides is 1. The maximum atomic E-state index is 12.1. The van der Waals surface area contributed by atoms with Crippen molar-refractivity contribution in [2.24, 2.45) is 5.10 Å². The minimum Gasteiger partial charge on any atom is -0.276 e. The van der Waals surface area contributed by atoms with E-state index in [-0.39, 0.29) is 5.91 Å². The monoisotopic (exact) mass is 352 g/mol. The van der Waals surface area contributed by atoms with Crippen molar-refractivity contribution in [3.05, 3.63) is 64.2 Å². The van der Waals surface area contributed by atoms with E-state index in [0.717, 1.165) is 16.1 Å². The summed E-state index contributed by atoms with van der Waals surface area (Å²) in [6, 6.07) is 13.9. The van der Waals surface area contributed by atoms with Gasteiger partial charge in [0.25, 0.3) is 5.91 Å². The van der Waals surface area contributed by atoms with Crippen LogP contribution in [0.4, 0.5) is 0 Å². The van der Waals surface area contributed by atoms with Crippen LogP contribution in [0.2, 0.25) is 0 Å². The molecule has 3 rings (SSSR count). The molecule has 3 aromatic rings. The maximum Gasteiger partial charge on any atom is 0.291 e. The SMILES string of the molecule is Cc1ccc(-c2cc(C(=O)NN=Cc3ccc(C(C)C)cc3)n[nH]2)s1. The number of aryl methyl sites for hydroxylation is 1. The van der Waals surface area contributed by atoms with Gasteiger partial charge in [-0.3, -0.25) is 9.89 Å². The molecule has 2 heterocycles. The van der Waals surface area contributed by atoms with Gasteiger partial charge in [-0.2, -0.15) is 10.2 Å². The number of aromatic amines is 1. The molecule has 1 aromatic carbocycles. The van der Waals surface area contributed by atoms with E-state index in [0.29, 0.717) is 11.6 Å². The molecule has 0 fully saturated rings. The van der Waals surface area contributed by atoms with Crippen LogP contribution in [0.25, 0.3) is 10.6 Å². The van der Waals surface area contributed by atoms with E-state index in [1.54, 1.807) is 23.6 Å². The first-order chi connectivity index (χ1) is 12.0. The highest BCUT2D eigenvalue weighted by Crippen LogP contribution is 2.26. The van der Waals surface area contributed by atoms with Crippen LogP contribution in [0.5, 0.6) is 0 Å². The molecular formula is C19H20N4OS. The summed E-state index contributed by atoms with van der Waals surface area (Å²) < 4.78 is 0. The Hall–Kier alpha value is -2.73. The van der Waals surface area contributed by atoms with Gasteiger partial charge in [0.05, 0.1) is 16.8 Å². The van der Waals surface area contributed by atoms with Crippen molar-refractivity contribution in [2.45, 2.75) is 26.7 Å². The molecule has 0 atom stereocenters. The fourth-order valence-electron chi connectivity index (χ4n) is 2.33. The molecule has 0 saturated heterocycles. The van der Waals surface area contributed by atoms with Gasteiger partial charge in [-0.25, -0.2) is 5.43 Å². The summed E-state index contributed by atoms with van der Waals surface area (Å²) in [5.74, 6) is 0.150. The van der Waals surface area contributed by atoms with Crippen molar-refractivity contribution in [2.75, 3.05) is 0 Å². The number of H-pyrrole nitrogens is 1. The minimum atomic E-state index is -0.342. The predicted molar refractivity (Wildman–Crippen MR) is 102 cm³/mol. The Morgan fingerprint density at radius 3 is 2.64 bits per heavy atom. The summed E-state index contributed by atoms with van der Waals surface area (Å²) in [5.41, 5.74) is 5.85. The normalized spacial score (nSPS) is 11.4. The van der Waals surface area contributed by atoms with E-state index in [4.69, 9.17) is 0 Å². The van der Waals surface area contributed by atoms with Crippen LogP contribution in [-0.2, 0) is 0 Å². The summed E-state index contributed by atoms with van der Waals surface area (Å²) in [7, 11) is 0. The maximum absolute atomic E-state index is 12.1. The molecule has 128 valence electrons. The third-order valence-electron chi connectivity index (χ3n) is 3.80. The van der Waals surface area contributed by atoms with Gasteiger partial charge < -0.3 is 0 Å². The lowest BCUT2D eigenvalue weighted by atomic mass is 10.0. The van der Waals surface area contributed by atoms with E-state index in [1.807, 2.05) is 31.2 Å². The van der Waals surface area contributed by atoms with Crippen molar-refractivity contribution in [3.8, 4) is 10.6 Å². The molecule has 0 aliphatic carbocycles. The first-order valence-corrected chi connectivity index (χ1v) is 8.90. The Bertz CT molecular complexity index is 890. The lowest BCUT2D eigenvalue weighted by Gasteiger charge is -2.04. The average Bonchev–Trinajstić information content (AvgIpc) is 3.24. The molecular weight excluding hydrogens is 332 g/mol. The molecule has 2 N–H and O–H groups in total. The topological polar surface area (TPSA) is 70.1 Å². The van der Waals surface area contributed by atoms with Crippen LogP contribution in [0.3, 0.4) is 0 Å². The number of thiophene rings is 1. The molecule has 0 bridgehead atoms. The van der Waals surface area contributed by atoms with Gasteiger partial charge in [0, 0.05) is 4.88 Å². The van der Waals surface area contributed by atoms with Crippen molar-refractivity contribution in [3.63, 3.8) is 0 Å². The number of hydrogen-bond donors (Lipinski definition) is 2. The fraction of sp³-hybridized carbons (Fsp3) is 0.211. The molecule has 2 aromatic heterocycles. The number of nitrogens with one attached hydrogen (secondary N) is 2. The first-order valence-electron chi connectivity index (χ1n) is 8.08. The molecule has 0 radical (unpaired) electrons. The number of carbonyl (C=O) groups excluding carboxylic acids is 1. The average molecular weight is 352 g/mol. The van der Waals surface area contributed by atoms with Crippen LogP contribution in [-0.4, -0.2) is 22.3 Å². The van der Waals surface area contributed by atoms with E-state index in [9.17, 15) is 4.79 Å². The lowest BCUT2D eigenvalue weighted by molar-refractivity contribution is 0.0950. The van der Waals surface area contributed by atoms with E-state index in [2.05, 4.69) is 46.7 Å². The van der Waals surface area contributed by atoms with Crippen molar-refractivity contribution >= 4 is 23.5 Å². The summed E-state index contributed by atoms with van der Waals surface area (Å²) >= 11 is 1.65. The number of benzene rings is 1. The molecule has 0 saturated carbocycles. The van der Waals surface area contributed by atoms with E-state index < -0.39 is 0 Å². The summed E-state index contributed by atoms with van der Waals surface area (Å²) in [6.07, 6.45) is 1.62. The van der Waals surface area contributed by atoms with Crippen LogP contribution >= 0.6 is 11.3 Å². The highest BCUT2D eigenvalue weighted by Gasteiger charge is 2.11. The second-order valence-electron chi connectivity index (χ2n) is 6.10. The summed E-state index contributed by atoms with van der Waals surface area (Å²) in [6.45, 7) is 6.35. The lowest BCUT2D eigenvalue weighted by Crippen LogP contribution is -2.18. The third-order valence-corrected chi connectivity index (χ3v) is 4.83. The molecule has 25 heavy (non-hydrogen) atoms. The first kappa shape index (κ1) is 17.1. The smallest absolute Gasteiger partial charge is 0.276 e. The van der Waals surface area contributed by atoms with Gasteiger partial charge in [-0.05, 0) is 42.2 Å². The standard InChI is InChI=1S/C19H20N4OS/c1-12(2)15-7-5-14(6-8-15)11-20-23-19(24)17-10-16(21-22-17)18-9-4-13(3)25-18/h4-12H,1-3H3,(H,21,22)(H,23,24). The number of hydrogen-bond acceptors (Lipinski definition) is 4. The van der Waals surface area contributed by atoms with Crippen molar-refractivity contribution < 1.29 is 4.79 Å². The van der Waals surface area contributed by atoms with Gasteiger partial charge in [0.15, 0.2) is 5.69 Å². The van der Waals surface area contributed by atoms with Crippen LogP contribution < -0.4 is 5.43 Å². The third kappa shape index (κ3) is 4.22. The Balaban J connectivity index is 1.61. The highest BCUT2D eigenvalue weighted by molar-refractivity contribution is 7.15. The minimum absolute atomic E-state index is 0.313. The quantitative estimate of drug-likeness (QED) is 0.530. The molecule has 0 aliphatic heterocycles. The number of rotatable bonds is 5. The van der Waals surface area contributed by atoms with Gasteiger partial charge >= 0.3 is 0 Å². The molecule has 1 amide bonds. The number of carbonyl (C=O) groups is 1. The Morgan fingerprint density at radius 1 is 1.24 bits per heavy atom. The summed E-state index contributed by atoms with van der Waals surface area (Å²) in [5, 5.41) is 10.9. The number of nitrogens with zero attached hydrogens (tertiary/aromatic N) is 2. The second kappa shape index (κ2) is 7.44. The van der Waals surface area contributed by atoms with Crippen LogP contribution in [0, 0.1) is 6.92 Å². The Labute approximate surface area is 150 Å². The molecule has 0 unspecified atom stereocenters. The van der Waals surface area contributed by atoms with Gasteiger partial charge in [0.1, 0.15) is 0 Å². The zero-order chi connectivity index (χ0) is 17.8. The van der Waals surface area contributed by atoms with E-state index >= 15 is 0 Å². The molecule has 5 nitrogen and oxygen atoms in total. The zero-order valence-electron chi connectivity index (χ0n) is 14.4. The van der Waals surface area contributed by atoms with Crippen LogP contribution in [0.15, 0.2) is 47.6 Å². The van der Waals surface area contributed by atoms with Gasteiger partial charge in [-0.1, -0.05) is 38.1 Å². The van der Waals surface area contributed by atoms with Crippen LogP contribution in [0.1, 0.15) is 46.3 Å².